The van der Waals surface area contributed by atoms with E-state index in [1.54, 1.807) is 6.20 Å². The second-order valence-corrected chi connectivity index (χ2v) is 6.44. The molecule has 3 rings (SSSR count). The molecule has 0 radical (unpaired) electrons. The van der Waals surface area contributed by atoms with Crippen LogP contribution in [0.1, 0.15) is 37.1 Å². The zero-order valence-electron chi connectivity index (χ0n) is 14.8. The summed E-state index contributed by atoms with van der Waals surface area (Å²) in [7, 11) is 0. The maximum Gasteiger partial charge on any atom is 0.220 e. The number of amides is 1. The predicted octanol–water partition coefficient (Wildman–Crippen LogP) is 3.10. The lowest BCUT2D eigenvalue weighted by Gasteiger charge is -2.11. The Bertz CT molecular complexity index is 797. The monoisotopic (exact) mass is 349 g/mol. The average molecular weight is 349 g/mol. The second-order valence-electron chi connectivity index (χ2n) is 6.44. The van der Waals surface area contributed by atoms with Crippen LogP contribution in [0.25, 0.3) is 0 Å². The van der Waals surface area contributed by atoms with Gasteiger partial charge in [0, 0.05) is 44.6 Å². The minimum atomic E-state index is -0.405. The number of nitrogens with one attached hydrogen (secondary N) is 1. The maximum atomic E-state index is 12.1. The molecule has 2 heterocycles. The largest absolute Gasteiger partial charge is 0.349 e. The molecule has 6 nitrogen and oxygen atoms in total. The number of imidazole rings is 1. The highest BCUT2D eigenvalue weighted by Gasteiger charge is 2.39. The van der Waals surface area contributed by atoms with Crippen LogP contribution in [0.5, 0.6) is 0 Å². The van der Waals surface area contributed by atoms with Crippen molar-refractivity contribution in [3.63, 3.8) is 0 Å². The molecule has 2 aromatic rings. The Morgan fingerprint density at radius 2 is 2.04 bits per heavy atom. The van der Waals surface area contributed by atoms with Crippen LogP contribution in [0.4, 0.5) is 0 Å². The Balaban J connectivity index is 1.41. The third kappa shape index (κ3) is 5.03. The van der Waals surface area contributed by atoms with Gasteiger partial charge in [-0.3, -0.25) is 4.79 Å². The van der Waals surface area contributed by atoms with Gasteiger partial charge in [-0.15, -0.1) is 12.3 Å². The summed E-state index contributed by atoms with van der Waals surface area (Å²) < 4.78 is 2.08. The number of aryl methyl sites for hydroxylation is 2. The van der Waals surface area contributed by atoms with E-state index in [0.717, 1.165) is 25.2 Å². The minimum Gasteiger partial charge on any atom is -0.349 e. The summed E-state index contributed by atoms with van der Waals surface area (Å²) in [5, 5.41) is 11.0. The van der Waals surface area contributed by atoms with Gasteiger partial charge in [0.2, 0.25) is 5.91 Å². The van der Waals surface area contributed by atoms with Crippen LogP contribution >= 0.6 is 0 Å². The van der Waals surface area contributed by atoms with Gasteiger partial charge in [-0.2, -0.15) is 10.2 Å². The van der Waals surface area contributed by atoms with E-state index >= 15 is 0 Å². The lowest BCUT2D eigenvalue weighted by atomic mass is 10.0. The van der Waals surface area contributed by atoms with Gasteiger partial charge in [-0.05, 0) is 12.0 Å². The fraction of sp³-hybridized carbons (Fsp3) is 0.400. The molecule has 0 saturated heterocycles. The van der Waals surface area contributed by atoms with Crippen molar-refractivity contribution in [2.75, 3.05) is 0 Å². The molecule has 1 amide bonds. The third-order valence-corrected chi connectivity index (χ3v) is 4.53. The van der Waals surface area contributed by atoms with Crippen molar-refractivity contribution >= 4 is 5.91 Å². The first-order valence-corrected chi connectivity index (χ1v) is 8.89. The molecule has 0 saturated carbocycles. The number of rotatable bonds is 10. The minimum absolute atomic E-state index is 0.0139. The maximum absolute atomic E-state index is 12.1. The second kappa shape index (κ2) is 8.43. The summed E-state index contributed by atoms with van der Waals surface area (Å²) in [5.74, 6) is 3.44. The molecule has 0 spiro atoms. The number of hydrogen-bond acceptors (Lipinski definition) is 4. The van der Waals surface area contributed by atoms with Crippen LogP contribution < -0.4 is 5.32 Å². The van der Waals surface area contributed by atoms with Crippen LogP contribution in [0.3, 0.4) is 0 Å². The van der Waals surface area contributed by atoms with Crippen LogP contribution in [0, 0.1) is 12.3 Å². The molecular formula is C20H23N5O. The highest BCUT2D eigenvalue weighted by molar-refractivity contribution is 5.75. The van der Waals surface area contributed by atoms with Crippen LogP contribution in [-0.4, -0.2) is 21.1 Å². The quantitative estimate of drug-likeness (QED) is 0.670. The molecule has 0 aliphatic carbocycles. The normalized spacial score (nSPS) is 14.0. The van der Waals surface area contributed by atoms with Crippen LogP contribution in [0.2, 0.25) is 0 Å². The molecular weight excluding hydrogens is 326 g/mol. The van der Waals surface area contributed by atoms with E-state index in [1.807, 2.05) is 24.4 Å². The molecule has 6 heteroatoms. The van der Waals surface area contributed by atoms with Crippen molar-refractivity contribution in [1.29, 1.82) is 0 Å². The Labute approximate surface area is 153 Å². The van der Waals surface area contributed by atoms with Crippen molar-refractivity contribution < 1.29 is 4.79 Å². The van der Waals surface area contributed by atoms with Gasteiger partial charge in [0.25, 0.3) is 0 Å². The average Bonchev–Trinajstić information content (AvgIpc) is 3.31. The number of hydrogen-bond donors (Lipinski definition) is 1. The van der Waals surface area contributed by atoms with E-state index in [9.17, 15) is 4.79 Å². The predicted molar refractivity (Wildman–Crippen MR) is 99.1 cm³/mol. The van der Waals surface area contributed by atoms with Gasteiger partial charge in [0.1, 0.15) is 5.82 Å². The SMILES string of the molecule is C#CCCC1(CCC(=O)NCc2nccn2CCc2ccccc2)N=N1. The first-order chi connectivity index (χ1) is 12.7. The zero-order chi connectivity index (χ0) is 18.2. The Hall–Kier alpha value is -2.94. The molecule has 0 unspecified atom stereocenters. The molecule has 1 aromatic carbocycles. The first kappa shape index (κ1) is 17.9. The topological polar surface area (TPSA) is 71.6 Å². The van der Waals surface area contributed by atoms with Gasteiger partial charge in [-0.1, -0.05) is 30.3 Å². The van der Waals surface area contributed by atoms with Gasteiger partial charge < -0.3 is 9.88 Å². The summed E-state index contributed by atoms with van der Waals surface area (Å²) in [4.78, 5) is 16.5. The Kier molecular flexibility index (Phi) is 5.80. The fourth-order valence-electron chi connectivity index (χ4n) is 2.85. The van der Waals surface area contributed by atoms with Crippen molar-refractivity contribution in [1.82, 2.24) is 14.9 Å². The highest BCUT2D eigenvalue weighted by Crippen LogP contribution is 2.37. The van der Waals surface area contributed by atoms with E-state index < -0.39 is 5.66 Å². The standard InChI is InChI=1S/C20H23N5O/c1-2-3-11-20(23-24-20)12-9-19(26)22-16-18-21-13-15-25(18)14-10-17-7-5-4-6-8-17/h1,4-8,13,15H,3,9-12,14,16H2,(H,22,26). The Morgan fingerprint density at radius 3 is 2.77 bits per heavy atom. The van der Waals surface area contributed by atoms with Crippen molar-refractivity contribution in [2.45, 2.75) is 50.9 Å². The summed E-state index contributed by atoms with van der Waals surface area (Å²) in [6.45, 7) is 1.26. The molecule has 1 N–H and O–H groups in total. The summed E-state index contributed by atoms with van der Waals surface area (Å²) >= 11 is 0. The molecule has 0 fully saturated rings. The van der Waals surface area contributed by atoms with E-state index in [1.165, 1.54) is 5.56 Å². The summed E-state index contributed by atoms with van der Waals surface area (Å²) in [6, 6.07) is 10.3. The molecule has 0 bridgehead atoms. The van der Waals surface area contributed by atoms with Gasteiger partial charge >= 0.3 is 0 Å². The Morgan fingerprint density at radius 1 is 1.23 bits per heavy atom. The lowest BCUT2D eigenvalue weighted by Crippen LogP contribution is -2.26. The molecule has 134 valence electrons. The van der Waals surface area contributed by atoms with Crippen molar-refractivity contribution in [2.24, 2.45) is 10.2 Å². The molecule has 1 aliphatic rings. The van der Waals surface area contributed by atoms with Gasteiger partial charge in [-0.25, -0.2) is 4.98 Å². The van der Waals surface area contributed by atoms with E-state index in [-0.39, 0.29) is 5.91 Å². The van der Waals surface area contributed by atoms with Gasteiger partial charge in [0.15, 0.2) is 5.66 Å². The van der Waals surface area contributed by atoms with E-state index in [4.69, 9.17) is 6.42 Å². The van der Waals surface area contributed by atoms with Crippen LogP contribution in [0.15, 0.2) is 53.0 Å². The third-order valence-electron chi connectivity index (χ3n) is 4.53. The van der Waals surface area contributed by atoms with Crippen molar-refractivity contribution in [3.8, 4) is 12.3 Å². The number of benzene rings is 1. The van der Waals surface area contributed by atoms with Gasteiger partial charge in [0.05, 0.1) is 6.54 Å². The molecule has 0 atom stereocenters. The summed E-state index contributed by atoms with van der Waals surface area (Å²) in [6.07, 6.45) is 12.3. The molecule has 1 aromatic heterocycles. The first-order valence-electron chi connectivity index (χ1n) is 8.89. The zero-order valence-corrected chi connectivity index (χ0v) is 14.8. The number of carbonyl (C=O) groups is 1. The number of aromatic nitrogens is 2. The lowest BCUT2D eigenvalue weighted by molar-refractivity contribution is -0.121. The van der Waals surface area contributed by atoms with Crippen molar-refractivity contribution in [3.05, 3.63) is 54.1 Å². The fourth-order valence-corrected chi connectivity index (χ4v) is 2.85. The van der Waals surface area contributed by atoms with Crippen LogP contribution in [-0.2, 0) is 24.3 Å². The molecule has 26 heavy (non-hydrogen) atoms. The number of carbonyl (C=O) groups excluding carboxylic acids is 1. The smallest absolute Gasteiger partial charge is 0.220 e. The number of nitrogens with zero attached hydrogens (tertiary/aromatic N) is 4. The van der Waals surface area contributed by atoms with E-state index in [0.29, 0.717) is 25.8 Å². The highest BCUT2D eigenvalue weighted by atomic mass is 16.1. The number of terminal acetylenes is 1. The molecule has 1 aliphatic heterocycles. The summed E-state index contributed by atoms with van der Waals surface area (Å²) in [5.41, 5.74) is 0.878. The van der Waals surface area contributed by atoms with E-state index in [2.05, 4.69) is 43.1 Å².